The predicted octanol–water partition coefficient (Wildman–Crippen LogP) is 0.846. The van der Waals surface area contributed by atoms with Gasteiger partial charge in [-0.15, -0.1) is 0 Å². The number of nitrogens with zero attached hydrogens (tertiary/aromatic N) is 3. The minimum atomic E-state index is -0.347. The molecule has 2 fully saturated rings. The zero-order chi connectivity index (χ0) is 14.1. The topological polar surface area (TPSA) is 53.5 Å². The van der Waals surface area contributed by atoms with Gasteiger partial charge in [0.2, 0.25) is 11.8 Å². The molecule has 2 unspecified atom stereocenters. The van der Waals surface area contributed by atoms with Crippen molar-refractivity contribution >= 4 is 11.8 Å². The fourth-order valence-corrected chi connectivity index (χ4v) is 3.13. The van der Waals surface area contributed by atoms with Gasteiger partial charge in [0.05, 0.1) is 0 Å². The normalized spacial score (nSPS) is 26.1. The number of fused-ring (bicyclic) bond motifs is 1. The van der Waals surface area contributed by atoms with Crippen LogP contribution in [0, 0.1) is 0 Å². The quantitative estimate of drug-likeness (QED) is 0.820. The number of hydrogen-bond donors (Lipinski definition) is 0. The molecule has 0 bridgehead atoms. The van der Waals surface area contributed by atoms with Crippen molar-refractivity contribution in [3.63, 3.8) is 0 Å². The van der Waals surface area contributed by atoms with E-state index in [1.807, 2.05) is 25.1 Å². The first-order valence-electron chi connectivity index (χ1n) is 7.19. The van der Waals surface area contributed by atoms with E-state index in [1.165, 1.54) is 0 Å². The monoisotopic (exact) mass is 273 g/mol. The van der Waals surface area contributed by atoms with Crippen LogP contribution >= 0.6 is 0 Å². The van der Waals surface area contributed by atoms with Crippen LogP contribution in [-0.4, -0.2) is 51.8 Å². The summed E-state index contributed by atoms with van der Waals surface area (Å²) in [5.74, 6) is 0.193. The van der Waals surface area contributed by atoms with E-state index in [-0.39, 0.29) is 23.9 Å². The van der Waals surface area contributed by atoms with Crippen LogP contribution in [0.4, 0.5) is 0 Å². The Morgan fingerprint density at radius 2 is 2.15 bits per heavy atom. The maximum atomic E-state index is 12.5. The molecule has 0 radical (unpaired) electrons. The summed E-state index contributed by atoms with van der Waals surface area (Å²) in [5, 5.41) is 0. The maximum Gasteiger partial charge on any atom is 0.246 e. The fraction of sp³-hybridized carbons (Fsp3) is 0.533. The summed E-state index contributed by atoms with van der Waals surface area (Å²) in [7, 11) is 0. The first-order valence-corrected chi connectivity index (χ1v) is 7.19. The van der Waals surface area contributed by atoms with Crippen molar-refractivity contribution in [2.24, 2.45) is 0 Å². The molecule has 0 aromatic carbocycles. The molecular formula is C15H19N3O2. The standard InChI is InChI=1S/C15H19N3O2/c1-11-14(19)18-9-4-6-13(18)15(20)17(11)10-7-12-5-2-3-8-16-12/h2-3,5,8,11,13H,4,6-7,9-10H2,1H3. The number of amides is 2. The lowest BCUT2D eigenvalue weighted by Crippen LogP contribution is -2.62. The number of carbonyl (C=O) groups excluding carboxylic acids is 2. The minimum Gasteiger partial charge on any atom is -0.329 e. The SMILES string of the molecule is CC1C(=O)N2CCCC2C(=O)N1CCc1ccccn1. The fourth-order valence-electron chi connectivity index (χ4n) is 3.13. The first kappa shape index (κ1) is 13.1. The van der Waals surface area contributed by atoms with Crippen molar-refractivity contribution in [2.45, 2.75) is 38.3 Å². The van der Waals surface area contributed by atoms with Crippen molar-refractivity contribution in [1.82, 2.24) is 14.8 Å². The lowest BCUT2D eigenvalue weighted by Gasteiger charge is -2.40. The smallest absolute Gasteiger partial charge is 0.246 e. The Morgan fingerprint density at radius 1 is 1.30 bits per heavy atom. The molecule has 5 nitrogen and oxygen atoms in total. The number of rotatable bonds is 3. The highest BCUT2D eigenvalue weighted by atomic mass is 16.2. The van der Waals surface area contributed by atoms with Gasteiger partial charge in [0.15, 0.2) is 0 Å². The van der Waals surface area contributed by atoms with Gasteiger partial charge in [-0.25, -0.2) is 0 Å². The summed E-state index contributed by atoms with van der Waals surface area (Å²) in [6.07, 6.45) is 4.18. The summed E-state index contributed by atoms with van der Waals surface area (Å²) in [5.41, 5.74) is 0.953. The Hall–Kier alpha value is -1.91. The number of carbonyl (C=O) groups is 2. The highest BCUT2D eigenvalue weighted by Gasteiger charge is 2.45. The van der Waals surface area contributed by atoms with Crippen LogP contribution in [0.25, 0.3) is 0 Å². The lowest BCUT2D eigenvalue weighted by molar-refractivity contribution is -0.158. The van der Waals surface area contributed by atoms with Crippen molar-refractivity contribution in [3.8, 4) is 0 Å². The highest BCUT2D eigenvalue weighted by Crippen LogP contribution is 2.26. The molecule has 20 heavy (non-hydrogen) atoms. The summed E-state index contributed by atoms with van der Waals surface area (Å²) in [6, 6.07) is 5.19. The molecule has 1 aromatic rings. The third-order valence-electron chi connectivity index (χ3n) is 4.26. The van der Waals surface area contributed by atoms with Gasteiger partial charge in [0, 0.05) is 31.4 Å². The second-order valence-electron chi connectivity index (χ2n) is 5.47. The molecule has 2 saturated heterocycles. The van der Waals surface area contributed by atoms with Gasteiger partial charge in [-0.3, -0.25) is 14.6 Å². The van der Waals surface area contributed by atoms with Gasteiger partial charge in [-0.2, -0.15) is 0 Å². The lowest BCUT2D eigenvalue weighted by atomic mass is 10.1. The highest BCUT2D eigenvalue weighted by molar-refractivity contribution is 5.97. The minimum absolute atomic E-state index is 0.0909. The van der Waals surface area contributed by atoms with Gasteiger partial charge >= 0.3 is 0 Å². The molecule has 3 heterocycles. The molecule has 0 aliphatic carbocycles. The summed E-state index contributed by atoms with van der Waals surface area (Å²) >= 11 is 0. The van der Waals surface area contributed by atoms with Crippen LogP contribution in [0.1, 0.15) is 25.5 Å². The van der Waals surface area contributed by atoms with Crippen LogP contribution < -0.4 is 0 Å². The largest absolute Gasteiger partial charge is 0.329 e. The molecule has 0 saturated carbocycles. The Bertz CT molecular complexity index is 517. The predicted molar refractivity (Wildman–Crippen MR) is 73.9 cm³/mol. The summed E-state index contributed by atoms with van der Waals surface area (Å²) in [4.78, 5) is 32.5. The molecule has 0 spiro atoms. The number of hydrogen-bond acceptors (Lipinski definition) is 3. The molecule has 0 N–H and O–H groups in total. The third kappa shape index (κ3) is 2.17. The van der Waals surface area contributed by atoms with Crippen molar-refractivity contribution in [2.75, 3.05) is 13.1 Å². The molecule has 1 aromatic heterocycles. The van der Waals surface area contributed by atoms with Gasteiger partial charge in [0.25, 0.3) is 0 Å². The van der Waals surface area contributed by atoms with Crippen LogP contribution in [0.5, 0.6) is 0 Å². The first-order chi connectivity index (χ1) is 9.68. The molecule has 5 heteroatoms. The van der Waals surface area contributed by atoms with E-state index in [1.54, 1.807) is 16.0 Å². The molecule has 2 atom stereocenters. The summed E-state index contributed by atoms with van der Waals surface area (Å²) in [6.45, 7) is 3.12. The average Bonchev–Trinajstić information content (AvgIpc) is 2.96. The van der Waals surface area contributed by atoms with Crippen LogP contribution in [-0.2, 0) is 16.0 Å². The molecular weight excluding hydrogens is 254 g/mol. The van der Waals surface area contributed by atoms with Gasteiger partial charge in [0.1, 0.15) is 12.1 Å². The van der Waals surface area contributed by atoms with E-state index in [0.29, 0.717) is 13.0 Å². The van der Waals surface area contributed by atoms with Crippen molar-refractivity contribution in [1.29, 1.82) is 0 Å². The number of piperazine rings is 1. The Morgan fingerprint density at radius 3 is 2.90 bits per heavy atom. The Kier molecular flexibility index (Phi) is 3.42. The van der Waals surface area contributed by atoms with E-state index < -0.39 is 0 Å². The molecule has 2 aliphatic rings. The van der Waals surface area contributed by atoms with E-state index >= 15 is 0 Å². The van der Waals surface area contributed by atoms with Crippen LogP contribution in [0.3, 0.4) is 0 Å². The molecule has 3 rings (SSSR count). The number of aromatic nitrogens is 1. The zero-order valence-corrected chi connectivity index (χ0v) is 11.7. The van der Waals surface area contributed by atoms with E-state index in [4.69, 9.17) is 0 Å². The Balaban J connectivity index is 1.72. The second-order valence-corrected chi connectivity index (χ2v) is 5.47. The second kappa shape index (κ2) is 5.23. The van der Waals surface area contributed by atoms with Gasteiger partial charge in [-0.1, -0.05) is 6.07 Å². The van der Waals surface area contributed by atoms with Crippen LogP contribution in [0.2, 0.25) is 0 Å². The molecule has 2 amide bonds. The Labute approximate surface area is 118 Å². The van der Waals surface area contributed by atoms with Crippen LogP contribution in [0.15, 0.2) is 24.4 Å². The summed E-state index contributed by atoms with van der Waals surface area (Å²) < 4.78 is 0. The average molecular weight is 273 g/mol. The zero-order valence-electron chi connectivity index (χ0n) is 11.7. The van der Waals surface area contributed by atoms with E-state index in [2.05, 4.69) is 4.98 Å². The third-order valence-corrected chi connectivity index (χ3v) is 4.26. The van der Waals surface area contributed by atoms with E-state index in [0.717, 1.165) is 25.1 Å². The molecule has 106 valence electrons. The van der Waals surface area contributed by atoms with E-state index in [9.17, 15) is 9.59 Å². The van der Waals surface area contributed by atoms with Crippen molar-refractivity contribution < 1.29 is 9.59 Å². The van der Waals surface area contributed by atoms with Gasteiger partial charge < -0.3 is 9.80 Å². The van der Waals surface area contributed by atoms with Crippen molar-refractivity contribution in [3.05, 3.63) is 30.1 Å². The van der Waals surface area contributed by atoms with Gasteiger partial charge in [-0.05, 0) is 31.9 Å². The molecule has 2 aliphatic heterocycles. The number of pyridine rings is 1. The maximum absolute atomic E-state index is 12.5.